The molecule has 1 N–H and O–H groups in total. The number of H-pyrrole nitrogens is 1. The Hall–Kier alpha value is -3.42. The molecule has 0 fully saturated rings. The number of rotatable bonds is 3. The number of nitrogens with zero attached hydrogens (tertiary/aromatic N) is 2. The minimum Gasteiger partial charge on any atom is -0.342 e. The number of alkyl halides is 3. The van der Waals surface area contributed by atoms with Crippen LogP contribution in [0.2, 0.25) is 0 Å². The number of halogens is 3. The van der Waals surface area contributed by atoms with Crippen molar-refractivity contribution < 1.29 is 18.1 Å². The normalized spacial score (nSPS) is 12.0. The monoisotopic (exact) mass is 371 g/mol. The molecule has 4 aromatic rings. The number of nitro groups is 1. The summed E-state index contributed by atoms with van der Waals surface area (Å²) in [7, 11) is 0. The van der Waals surface area contributed by atoms with Gasteiger partial charge in [-0.25, -0.2) is 4.98 Å². The van der Waals surface area contributed by atoms with Crippen LogP contribution < -0.4 is 0 Å². The number of imidazole rings is 1. The molecule has 8 heteroatoms. The minimum atomic E-state index is -4.80. The third-order valence-electron chi connectivity index (χ3n) is 4.33. The van der Waals surface area contributed by atoms with Crippen LogP contribution in [0.1, 0.15) is 17.0 Å². The van der Waals surface area contributed by atoms with E-state index in [9.17, 15) is 23.3 Å². The van der Waals surface area contributed by atoms with Crippen LogP contribution in [0, 0.1) is 10.1 Å². The summed E-state index contributed by atoms with van der Waals surface area (Å²) in [4.78, 5) is 17.4. The second kappa shape index (κ2) is 6.08. The van der Waals surface area contributed by atoms with Crippen molar-refractivity contribution in [1.82, 2.24) is 9.97 Å². The van der Waals surface area contributed by atoms with Gasteiger partial charge in [0.2, 0.25) is 0 Å². The lowest BCUT2D eigenvalue weighted by Gasteiger charge is -2.09. The fourth-order valence-corrected chi connectivity index (χ4v) is 3.11. The Bertz CT molecular complexity index is 1130. The van der Waals surface area contributed by atoms with Gasteiger partial charge in [-0.2, -0.15) is 13.2 Å². The zero-order valence-corrected chi connectivity index (χ0v) is 13.7. The van der Waals surface area contributed by atoms with Crippen LogP contribution in [-0.4, -0.2) is 14.9 Å². The molecule has 0 atom stereocenters. The highest BCUT2D eigenvalue weighted by Crippen LogP contribution is 2.36. The molecule has 1 aromatic heterocycles. The molecule has 0 saturated heterocycles. The SMILES string of the molecule is O=[N+]([O-])c1ccc(Cc2nc3cc4ccccc4cc3[nH]2)cc1C(F)(F)F. The van der Waals surface area contributed by atoms with Crippen molar-refractivity contribution >= 4 is 27.5 Å². The molecule has 136 valence electrons. The van der Waals surface area contributed by atoms with E-state index in [1.807, 2.05) is 36.4 Å². The van der Waals surface area contributed by atoms with E-state index in [2.05, 4.69) is 9.97 Å². The highest BCUT2D eigenvalue weighted by molar-refractivity contribution is 5.95. The molecular formula is C19H12F3N3O2. The van der Waals surface area contributed by atoms with Crippen LogP contribution in [0.4, 0.5) is 18.9 Å². The van der Waals surface area contributed by atoms with Crippen molar-refractivity contribution in [1.29, 1.82) is 0 Å². The van der Waals surface area contributed by atoms with Crippen LogP contribution in [-0.2, 0) is 12.6 Å². The van der Waals surface area contributed by atoms with Crippen molar-refractivity contribution in [2.24, 2.45) is 0 Å². The average Bonchev–Trinajstić information content (AvgIpc) is 2.99. The van der Waals surface area contributed by atoms with Crippen molar-refractivity contribution in [2.45, 2.75) is 12.6 Å². The molecule has 0 bridgehead atoms. The van der Waals surface area contributed by atoms with Crippen LogP contribution >= 0.6 is 0 Å². The summed E-state index contributed by atoms with van der Waals surface area (Å²) in [5, 5.41) is 12.9. The zero-order valence-electron chi connectivity index (χ0n) is 13.7. The predicted molar refractivity (Wildman–Crippen MR) is 94.5 cm³/mol. The number of nitrogens with one attached hydrogen (secondary N) is 1. The third-order valence-corrected chi connectivity index (χ3v) is 4.33. The number of fused-ring (bicyclic) bond motifs is 2. The minimum absolute atomic E-state index is 0.103. The highest BCUT2D eigenvalue weighted by Gasteiger charge is 2.38. The maximum Gasteiger partial charge on any atom is 0.423 e. The van der Waals surface area contributed by atoms with Crippen LogP contribution in [0.25, 0.3) is 21.8 Å². The van der Waals surface area contributed by atoms with E-state index in [1.165, 1.54) is 6.07 Å². The lowest BCUT2D eigenvalue weighted by molar-refractivity contribution is -0.388. The molecule has 5 nitrogen and oxygen atoms in total. The first-order chi connectivity index (χ1) is 12.8. The van der Waals surface area contributed by atoms with Crippen molar-refractivity contribution in [3.05, 3.63) is 81.7 Å². The summed E-state index contributed by atoms with van der Waals surface area (Å²) in [6, 6.07) is 14.6. The van der Waals surface area contributed by atoms with Crippen molar-refractivity contribution in [3.63, 3.8) is 0 Å². The number of nitro benzene ring substituents is 1. The summed E-state index contributed by atoms with van der Waals surface area (Å²) in [5.41, 5.74) is -0.436. The maximum absolute atomic E-state index is 13.1. The standard InChI is InChI=1S/C19H12F3N3O2/c20-19(21,22)14-7-11(5-6-17(14)25(26)27)8-18-23-15-9-12-3-1-2-4-13(12)10-16(15)24-18/h1-7,9-10H,8H2,(H,23,24). The van der Waals surface area contributed by atoms with Gasteiger partial charge < -0.3 is 4.98 Å². The van der Waals surface area contributed by atoms with E-state index < -0.39 is 22.4 Å². The van der Waals surface area contributed by atoms with Crippen molar-refractivity contribution in [2.75, 3.05) is 0 Å². The topological polar surface area (TPSA) is 71.8 Å². The molecule has 0 amide bonds. The maximum atomic E-state index is 13.1. The molecule has 0 spiro atoms. The summed E-state index contributed by atoms with van der Waals surface area (Å²) in [6.45, 7) is 0. The largest absolute Gasteiger partial charge is 0.423 e. The third kappa shape index (κ3) is 3.21. The van der Waals surface area contributed by atoms with Crippen LogP contribution in [0.5, 0.6) is 0 Å². The molecule has 0 aliphatic rings. The predicted octanol–water partition coefficient (Wildman–Crippen LogP) is 5.23. The van der Waals surface area contributed by atoms with Gasteiger partial charge in [-0.05, 0) is 34.5 Å². The van der Waals surface area contributed by atoms with E-state index in [4.69, 9.17) is 0 Å². The molecule has 0 aliphatic heterocycles. The van der Waals surface area contributed by atoms with Gasteiger partial charge >= 0.3 is 6.18 Å². The smallest absolute Gasteiger partial charge is 0.342 e. The van der Waals surface area contributed by atoms with Gasteiger partial charge in [0.25, 0.3) is 5.69 Å². The molecule has 3 aromatic carbocycles. The Morgan fingerprint density at radius 2 is 1.74 bits per heavy atom. The second-order valence-corrected chi connectivity index (χ2v) is 6.18. The van der Waals surface area contributed by atoms with E-state index in [0.29, 0.717) is 11.3 Å². The average molecular weight is 371 g/mol. The van der Waals surface area contributed by atoms with Crippen molar-refractivity contribution in [3.8, 4) is 0 Å². The first-order valence-corrected chi connectivity index (χ1v) is 8.03. The Labute approximate surface area is 150 Å². The number of aromatic amines is 1. The lowest BCUT2D eigenvalue weighted by atomic mass is 10.1. The summed E-state index contributed by atoms with van der Waals surface area (Å²) in [5.74, 6) is 0.488. The molecule has 1 heterocycles. The molecule has 27 heavy (non-hydrogen) atoms. The summed E-state index contributed by atoms with van der Waals surface area (Å²) < 4.78 is 39.4. The highest BCUT2D eigenvalue weighted by atomic mass is 19.4. The second-order valence-electron chi connectivity index (χ2n) is 6.18. The Balaban J connectivity index is 1.73. The van der Waals surface area contributed by atoms with E-state index in [1.54, 1.807) is 0 Å². The quantitative estimate of drug-likeness (QED) is 0.396. The zero-order chi connectivity index (χ0) is 19.2. The van der Waals surface area contributed by atoms with Gasteiger partial charge in [-0.15, -0.1) is 0 Å². The Morgan fingerprint density at radius 1 is 1.04 bits per heavy atom. The number of aromatic nitrogens is 2. The van der Waals surface area contributed by atoms with Gasteiger partial charge in [0.15, 0.2) is 0 Å². The van der Waals surface area contributed by atoms with Gasteiger partial charge in [0, 0.05) is 12.5 Å². The van der Waals surface area contributed by atoms with E-state index in [-0.39, 0.29) is 12.0 Å². The first-order valence-electron chi connectivity index (χ1n) is 8.03. The van der Waals surface area contributed by atoms with Gasteiger partial charge in [0.1, 0.15) is 11.4 Å². The number of hydrogen-bond acceptors (Lipinski definition) is 3. The molecule has 0 radical (unpaired) electrons. The molecule has 4 rings (SSSR count). The number of benzene rings is 3. The van der Waals surface area contributed by atoms with E-state index >= 15 is 0 Å². The number of hydrogen-bond donors (Lipinski definition) is 1. The lowest BCUT2D eigenvalue weighted by Crippen LogP contribution is -2.09. The van der Waals surface area contributed by atoms with Gasteiger partial charge in [-0.3, -0.25) is 10.1 Å². The van der Waals surface area contributed by atoms with Gasteiger partial charge in [0.05, 0.1) is 16.0 Å². The fraction of sp³-hybridized carbons (Fsp3) is 0.105. The molecule has 0 saturated carbocycles. The Kier molecular flexibility index (Phi) is 3.83. The molecular weight excluding hydrogens is 359 g/mol. The summed E-state index contributed by atoms with van der Waals surface area (Å²) in [6.07, 6.45) is -4.70. The fourth-order valence-electron chi connectivity index (χ4n) is 3.11. The first kappa shape index (κ1) is 17.0. The van der Waals surface area contributed by atoms with Crippen LogP contribution in [0.3, 0.4) is 0 Å². The van der Waals surface area contributed by atoms with Gasteiger partial charge in [-0.1, -0.05) is 30.3 Å². The summed E-state index contributed by atoms with van der Waals surface area (Å²) >= 11 is 0. The molecule has 0 aliphatic carbocycles. The molecule has 0 unspecified atom stereocenters. The Morgan fingerprint density at radius 3 is 2.41 bits per heavy atom. The van der Waals surface area contributed by atoms with E-state index in [0.717, 1.165) is 28.4 Å². The van der Waals surface area contributed by atoms with Crippen LogP contribution in [0.15, 0.2) is 54.6 Å².